The number of ether oxygens (including phenoxy) is 2. The van der Waals surface area contributed by atoms with Gasteiger partial charge in [-0.15, -0.1) is 0 Å². The van der Waals surface area contributed by atoms with E-state index in [4.69, 9.17) is 4.74 Å². The van der Waals surface area contributed by atoms with Gasteiger partial charge in [-0.3, -0.25) is 4.79 Å². The van der Waals surface area contributed by atoms with Gasteiger partial charge in [-0.25, -0.2) is 0 Å². The van der Waals surface area contributed by atoms with Gasteiger partial charge in [0.1, 0.15) is 11.9 Å². The second-order valence-electron chi connectivity index (χ2n) is 3.62. The zero-order valence-electron chi connectivity index (χ0n) is 10.2. The molecular formula is C12H15F2NO3. The van der Waals surface area contributed by atoms with Gasteiger partial charge in [0.05, 0.1) is 0 Å². The lowest BCUT2D eigenvalue weighted by molar-refractivity contribution is -0.130. The Labute approximate surface area is 104 Å². The van der Waals surface area contributed by atoms with E-state index in [-0.39, 0.29) is 11.7 Å². The molecule has 6 heteroatoms. The van der Waals surface area contributed by atoms with Gasteiger partial charge in [-0.2, -0.15) is 8.78 Å². The summed E-state index contributed by atoms with van der Waals surface area (Å²) in [7, 11) is 1.45. The Kier molecular flexibility index (Phi) is 5.51. The lowest BCUT2D eigenvalue weighted by Gasteiger charge is -2.10. The minimum atomic E-state index is -2.84. The first-order valence-corrected chi connectivity index (χ1v) is 5.37. The molecule has 1 N–H and O–H groups in total. The normalized spacial score (nSPS) is 12.3. The molecule has 1 rings (SSSR count). The van der Waals surface area contributed by atoms with Gasteiger partial charge in [0, 0.05) is 13.7 Å². The summed E-state index contributed by atoms with van der Waals surface area (Å²) < 4.78 is 32.9. The molecular weight excluding hydrogens is 244 g/mol. The summed E-state index contributed by atoms with van der Waals surface area (Å²) in [5, 5.41) is 2.66. The Morgan fingerprint density at radius 1 is 1.33 bits per heavy atom. The maximum absolute atomic E-state index is 11.9. The first-order valence-electron chi connectivity index (χ1n) is 5.37. The van der Waals surface area contributed by atoms with Gasteiger partial charge in [-0.05, 0) is 24.6 Å². The van der Waals surface area contributed by atoms with Crippen LogP contribution in [0.25, 0.3) is 0 Å². The lowest BCUT2D eigenvalue weighted by Crippen LogP contribution is -2.33. The zero-order chi connectivity index (χ0) is 13.5. The third kappa shape index (κ3) is 4.67. The number of halogens is 2. The van der Waals surface area contributed by atoms with E-state index in [9.17, 15) is 13.6 Å². The summed E-state index contributed by atoms with van der Waals surface area (Å²) in [5.74, 6) is -0.143. The molecule has 0 saturated heterocycles. The molecule has 0 aromatic heterocycles. The molecule has 0 aliphatic rings. The number of amides is 1. The molecule has 0 radical (unpaired) electrons. The van der Waals surface area contributed by atoms with Gasteiger partial charge in [-0.1, -0.05) is 12.1 Å². The van der Waals surface area contributed by atoms with Crippen molar-refractivity contribution >= 4 is 5.91 Å². The Balaban J connectivity index is 2.46. The minimum absolute atomic E-state index is 0.0883. The number of alkyl halides is 2. The maximum Gasteiger partial charge on any atom is 0.387 e. The number of methoxy groups -OCH3 is 1. The fourth-order valence-corrected chi connectivity index (χ4v) is 1.23. The molecule has 0 bridgehead atoms. The van der Waals surface area contributed by atoms with Gasteiger partial charge in [0.15, 0.2) is 0 Å². The number of rotatable bonds is 6. The van der Waals surface area contributed by atoms with Crippen molar-refractivity contribution in [1.82, 2.24) is 5.32 Å². The van der Waals surface area contributed by atoms with Crippen molar-refractivity contribution in [2.24, 2.45) is 0 Å². The van der Waals surface area contributed by atoms with Crippen molar-refractivity contribution in [2.45, 2.75) is 26.2 Å². The molecule has 18 heavy (non-hydrogen) atoms. The molecule has 0 heterocycles. The first-order chi connectivity index (χ1) is 8.52. The molecule has 1 amide bonds. The van der Waals surface area contributed by atoms with Crippen molar-refractivity contribution in [3.63, 3.8) is 0 Å². The van der Waals surface area contributed by atoms with Crippen molar-refractivity contribution in [1.29, 1.82) is 0 Å². The van der Waals surface area contributed by atoms with Crippen LogP contribution in [0.5, 0.6) is 5.75 Å². The highest BCUT2D eigenvalue weighted by molar-refractivity contribution is 5.80. The highest BCUT2D eigenvalue weighted by atomic mass is 19.3. The topological polar surface area (TPSA) is 47.6 Å². The van der Waals surface area contributed by atoms with Crippen molar-refractivity contribution in [2.75, 3.05) is 7.11 Å². The third-order valence-electron chi connectivity index (χ3n) is 2.34. The van der Waals surface area contributed by atoms with E-state index in [1.807, 2.05) is 0 Å². The largest absolute Gasteiger partial charge is 0.435 e. The van der Waals surface area contributed by atoms with Gasteiger partial charge in [0.2, 0.25) is 5.91 Å². The Bertz CT molecular complexity index is 381. The molecule has 0 spiro atoms. The molecule has 1 aromatic carbocycles. The number of benzene rings is 1. The Morgan fingerprint density at radius 3 is 2.44 bits per heavy atom. The Hall–Kier alpha value is -1.69. The summed E-state index contributed by atoms with van der Waals surface area (Å²) in [6.45, 7) is -0.894. The molecule has 1 atom stereocenters. The molecule has 4 nitrogen and oxygen atoms in total. The van der Waals surface area contributed by atoms with Crippen LogP contribution in [0.3, 0.4) is 0 Å². The Morgan fingerprint density at radius 2 is 1.94 bits per heavy atom. The van der Waals surface area contributed by atoms with E-state index in [1.165, 1.54) is 19.2 Å². The van der Waals surface area contributed by atoms with Crippen LogP contribution in [-0.2, 0) is 16.1 Å². The lowest BCUT2D eigenvalue weighted by atomic mass is 10.2. The van der Waals surface area contributed by atoms with Crippen molar-refractivity contribution in [3.05, 3.63) is 29.8 Å². The van der Waals surface area contributed by atoms with E-state index >= 15 is 0 Å². The number of carbonyl (C=O) groups excluding carboxylic acids is 1. The average molecular weight is 259 g/mol. The molecule has 1 unspecified atom stereocenters. The van der Waals surface area contributed by atoms with Crippen LogP contribution >= 0.6 is 0 Å². The van der Waals surface area contributed by atoms with E-state index in [2.05, 4.69) is 10.1 Å². The molecule has 0 aliphatic carbocycles. The van der Waals surface area contributed by atoms with Gasteiger partial charge < -0.3 is 14.8 Å². The standard InChI is InChI=1S/C12H15F2NO3/c1-8(17-2)11(16)15-7-9-3-5-10(6-4-9)18-12(13)14/h3-6,8,12H,7H2,1-2H3,(H,15,16). The first kappa shape index (κ1) is 14.4. The smallest absolute Gasteiger partial charge is 0.387 e. The maximum atomic E-state index is 11.9. The monoisotopic (exact) mass is 259 g/mol. The highest BCUT2D eigenvalue weighted by Crippen LogP contribution is 2.14. The molecule has 100 valence electrons. The predicted octanol–water partition coefficient (Wildman–Crippen LogP) is 1.94. The summed E-state index contributed by atoms with van der Waals surface area (Å²) in [6, 6.07) is 6.06. The number of hydrogen-bond donors (Lipinski definition) is 1. The third-order valence-corrected chi connectivity index (χ3v) is 2.34. The quantitative estimate of drug-likeness (QED) is 0.849. The van der Waals surface area contributed by atoms with Crippen LogP contribution in [-0.4, -0.2) is 25.7 Å². The van der Waals surface area contributed by atoms with E-state index < -0.39 is 12.7 Å². The van der Waals surface area contributed by atoms with E-state index in [1.54, 1.807) is 19.1 Å². The van der Waals surface area contributed by atoms with Crippen LogP contribution < -0.4 is 10.1 Å². The van der Waals surface area contributed by atoms with Crippen molar-refractivity contribution in [3.8, 4) is 5.75 Å². The zero-order valence-corrected chi connectivity index (χ0v) is 10.2. The second-order valence-corrected chi connectivity index (χ2v) is 3.62. The molecule has 0 saturated carbocycles. The van der Waals surface area contributed by atoms with Crippen LogP contribution in [0, 0.1) is 0 Å². The summed E-state index contributed by atoms with van der Waals surface area (Å²) >= 11 is 0. The molecule has 0 fully saturated rings. The molecule has 0 aliphatic heterocycles. The van der Waals surface area contributed by atoms with Crippen molar-refractivity contribution < 1.29 is 23.0 Å². The number of carbonyl (C=O) groups is 1. The highest BCUT2D eigenvalue weighted by Gasteiger charge is 2.10. The van der Waals surface area contributed by atoms with Crippen LogP contribution in [0.2, 0.25) is 0 Å². The summed E-state index contributed by atoms with van der Waals surface area (Å²) in [6.07, 6.45) is -0.522. The van der Waals surface area contributed by atoms with Gasteiger partial charge in [0.25, 0.3) is 0 Å². The summed E-state index contributed by atoms with van der Waals surface area (Å²) in [5.41, 5.74) is 0.785. The number of nitrogens with one attached hydrogen (secondary N) is 1. The van der Waals surface area contributed by atoms with Gasteiger partial charge >= 0.3 is 6.61 Å². The fourth-order valence-electron chi connectivity index (χ4n) is 1.23. The van der Waals surface area contributed by atoms with E-state index in [0.717, 1.165) is 5.56 Å². The predicted molar refractivity (Wildman–Crippen MR) is 61.4 cm³/mol. The second kappa shape index (κ2) is 6.90. The number of hydrogen-bond acceptors (Lipinski definition) is 3. The van der Waals surface area contributed by atoms with Crippen LogP contribution in [0.4, 0.5) is 8.78 Å². The van der Waals surface area contributed by atoms with E-state index in [0.29, 0.717) is 6.54 Å². The minimum Gasteiger partial charge on any atom is -0.435 e. The van der Waals surface area contributed by atoms with Crippen LogP contribution in [0.15, 0.2) is 24.3 Å². The fraction of sp³-hybridized carbons (Fsp3) is 0.417. The van der Waals surface area contributed by atoms with Crippen LogP contribution in [0.1, 0.15) is 12.5 Å². The molecule has 1 aromatic rings. The average Bonchev–Trinajstić information content (AvgIpc) is 2.36. The summed E-state index contributed by atoms with van der Waals surface area (Å²) in [4.78, 5) is 11.4. The SMILES string of the molecule is COC(C)C(=O)NCc1ccc(OC(F)F)cc1.